The number of imidazole rings is 1. The fourth-order valence-electron chi connectivity index (χ4n) is 10.2. The van der Waals surface area contributed by atoms with E-state index in [0.29, 0.717) is 22.7 Å². The van der Waals surface area contributed by atoms with Crippen LogP contribution in [0, 0.1) is 25.9 Å². The third-order valence-corrected chi connectivity index (χ3v) is 17.2. The summed E-state index contributed by atoms with van der Waals surface area (Å²) in [5.41, 5.74) is 8.50. The van der Waals surface area contributed by atoms with E-state index in [1.165, 1.54) is 5.56 Å². The molecule has 4 heterocycles. The van der Waals surface area contributed by atoms with Crippen LogP contribution < -0.4 is 19.7 Å². The van der Waals surface area contributed by atoms with Crippen molar-refractivity contribution in [2.24, 2.45) is 0 Å². The van der Waals surface area contributed by atoms with Crippen molar-refractivity contribution in [3.63, 3.8) is 0 Å². The molecule has 356 valence electrons. The van der Waals surface area contributed by atoms with Crippen LogP contribution in [0.1, 0.15) is 66.4 Å². The summed E-state index contributed by atoms with van der Waals surface area (Å²) in [6.07, 6.45) is 5.43. The minimum absolute atomic E-state index is 0. The Labute approximate surface area is 453 Å². The van der Waals surface area contributed by atoms with Gasteiger partial charge in [-0.05, 0) is 84.6 Å². The topological polar surface area (TPSA) is 35.9 Å². The number of pyridine rings is 1. The number of fused-ring (bicyclic) bond motifs is 5. The van der Waals surface area contributed by atoms with Gasteiger partial charge in [0.1, 0.15) is 5.82 Å². The number of hydrogen-bond acceptors (Lipinski definition) is 2. The molecule has 11 aromatic rings. The average molecular weight is 1140 g/mol. The first-order chi connectivity index (χ1) is 37.9. The summed E-state index contributed by atoms with van der Waals surface area (Å²) in [5.74, 6) is 1.60. The molecule has 0 bridgehead atoms. The molecular formula is C65H57N4OPtSi+. The molecule has 12 rings (SSSR count). The second kappa shape index (κ2) is 18.2. The van der Waals surface area contributed by atoms with Gasteiger partial charge in [0.2, 0.25) is 0 Å². The number of para-hydroxylation sites is 2. The Bertz CT molecular complexity index is 4340. The maximum atomic E-state index is 9.15. The predicted octanol–water partition coefficient (Wildman–Crippen LogP) is 14.8. The molecule has 0 unspecified atom stereocenters. The number of aromatic nitrogens is 4. The van der Waals surface area contributed by atoms with Gasteiger partial charge in [0.05, 0.1) is 30.4 Å². The minimum Gasteiger partial charge on any atom is -0.510 e. The van der Waals surface area contributed by atoms with Gasteiger partial charge < -0.3 is 21.3 Å². The van der Waals surface area contributed by atoms with Crippen LogP contribution >= 0.6 is 0 Å². The van der Waals surface area contributed by atoms with Gasteiger partial charge in [-0.15, -0.1) is 34.8 Å². The van der Waals surface area contributed by atoms with Gasteiger partial charge in [-0.25, -0.2) is 4.98 Å². The zero-order valence-corrected chi connectivity index (χ0v) is 44.8. The van der Waals surface area contributed by atoms with Crippen LogP contribution in [0.2, 0.25) is 13.1 Å². The molecule has 0 aliphatic carbocycles. The normalized spacial score (nSPS) is 14.8. The Balaban J connectivity index is 0.00000376. The van der Waals surface area contributed by atoms with E-state index in [2.05, 4.69) is 150 Å². The molecule has 72 heavy (non-hydrogen) atoms. The van der Waals surface area contributed by atoms with E-state index in [0.717, 1.165) is 60.2 Å². The summed E-state index contributed by atoms with van der Waals surface area (Å²) in [5, 5.41) is 4.11. The third-order valence-electron chi connectivity index (χ3n) is 13.7. The minimum atomic E-state index is -2.58. The Morgan fingerprint density at radius 3 is 1.96 bits per heavy atom. The smallest absolute Gasteiger partial charge is 0.510 e. The van der Waals surface area contributed by atoms with E-state index in [4.69, 9.17) is 23.4 Å². The van der Waals surface area contributed by atoms with Crippen LogP contribution in [0.15, 0.2) is 182 Å². The van der Waals surface area contributed by atoms with E-state index >= 15 is 0 Å². The molecule has 0 fully saturated rings. The third kappa shape index (κ3) is 8.06. The maximum Gasteiger partial charge on any atom is 4.00 e. The van der Waals surface area contributed by atoms with Crippen LogP contribution in [0.25, 0.3) is 83.4 Å². The number of ether oxygens (including phenoxy) is 1. The summed E-state index contributed by atoms with van der Waals surface area (Å²) in [6, 6.07) is 40.3. The van der Waals surface area contributed by atoms with E-state index in [-0.39, 0.29) is 67.3 Å². The standard InChI is InChI=1S/C64H54N4OSi.CH3.Pt/c1-63(2,3)45-35-36-65-60(38-45)68-55-37-44(48-23-15-16-26-53(48)64(4,5)6)29-32-51(55)52-33-30-46(39-56(52)68)69-47-31-34-58-57(40-47)67-41-66(54-27-18-28-59(62(54)67)70(58,7)8)61-49(42-19-11-9-12-20-42)24-17-25-50(61)43-21-13-10-14-22-43;;/h9-38H,1-8H3;1H3;/q-2;-1;+4/i9D,10D,11D,12D,13D,14D,19D,20D,21D,22D;;. The van der Waals surface area contributed by atoms with Crippen LogP contribution in [0.3, 0.4) is 0 Å². The zero-order valence-electron chi connectivity index (χ0n) is 51.6. The molecule has 0 radical (unpaired) electrons. The van der Waals surface area contributed by atoms with Gasteiger partial charge in [-0.3, -0.25) is 4.57 Å². The maximum absolute atomic E-state index is 9.15. The number of nitrogens with zero attached hydrogens (tertiary/aromatic N) is 4. The van der Waals surface area contributed by atoms with Gasteiger partial charge in [0.15, 0.2) is 0 Å². The quantitative estimate of drug-likeness (QED) is 0.0906. The summed E-state index contributed by atoms with van der Waals surface area (Å²) >= 11 is 0. The SMILES string of the molecule is [2H]c1c([2H])c([2H])c(-c2cccc(-c3c([2H])c([2H])c([2H])c([2H])c3[2H])c2-[n+]2[c-]n3c4c(cccc42)[Si](C)(C)c2ccc(Oc4[c-]c5c(cc4)c4ccc(-c6ccccc6C(C)(C)C)cc4n5-c4cc(C(C)(C)C)ccn4)[c-]c2-3)c([2H])c1[2H].[CH3-].[Pt+4]. The van der Waals surface area contributed by atoms with Gasteiger partial charge in [0.25, 0.3) is 6.33 Å². The Kier molecular flexibility index (Phi) is 9.50. The van der Waals surface area contributed by atoms with E-state index in [1.54, 1.807) is 22.8 Å². The molecule has 1 aliphatic rings. The first-order valence-corrected chi connectivity index (χ1v) is 26.5. The second-order valence-corrected chi connectivity index (χ2v) is 24.9. The van der Waals surface area contributed by atoms with Crippen molar-refractivity contribution in [1.29, 1.82) is 0 Å². The van der Waals surface area contributed by atoms with Crippen molar-refractivity contribution in [2.75, 3.05) is 0 Å². The molecule has 0 saturated carbocycles. The fourth-order valence-corrected chi connectivity index (χ4v) is 13.1. The number of rotatable bonds is 7. The van der Waals surface area contributed by atoms with Gasteiger partial charge in [-0.1, -0.05) is 199 Å². The van der Waals surface area contributed by atoms with Gasteiger partial charge in [-0.2, -0.15) is 12.1 Å². The first kappa shape index (κ1) is 37.6. The summed E-state index contributed by atoms with van der Waals surface area (Å²) in [6.45, 7) is 17.8. The first-order valence-electron chi connectivity index (χ1n) is 28.5. The molecule has 3 aromatic heterocycles. The molecule has 0 amide bonds. The van der Waals surface area contributed by atoms with Gasteiger partial charge >= 0.3 is 21.1 Å². The fraction of sp³-hybridized carbons (Fsp3) is 0.154. The average Bonchev–Trinajstić information content (AvgIpc) is 4.18. The second-order valence-electron chi connectivity index (χ2n) is 20.6. The number of benzene rings is 8. The Hall–Kier alpha value is -7.11. The molecule has 1 aliphatic heterocycles. The Morgan fingerprint density at radius 1 is 0.625 bits per heavy atom. The molecule has 0 spiro atoms. The van der Waals surface area contributed by atoms with Crippen molar-refractivity contribution >= 4 is 51.3 Å². The summed E-state index contributed by atoms with van der Waals surface area (Å²) in [7, 11) is -2.58. The van der Waals surface area contributed by atoms with E-state index in [9.17, 15) is 0 Å². The molecule has 0 atom stereocenters. The zero-order chi connectivity index (χ0) is 56.8. The van der Waals surface area contributed by atoms with Crippen molar-refractivity contribution in [3.8, 4) is 62.1 Å². The van der Waals surface area contributed by atoms with Crippen molar-refractivity contribution in [3.05, 3.63) is 219 Å². The van der Waals surface area contributed by atoms with Crippen molar-refractivity contribution in [2.45, 2.75) is 65.5 Å². The molecule has 7 heteroatoms. The van der Waals surface area contributed by atoms with E-state index in [1.807, 2.05) is 35.0 Å². The Morgan fingerprint density at radius 2 is 1.26 bits per heavy atom. The van der Waals surface area contributed by atoms with Crippen LogP contribution in [0.5, 0.6) is 11.5 Å². The van der Waals surface area contributed by atoms with Gasteiger partial charge in [0, 0.05) is 31.3 Å². The van der Waals surface area contributed by atoms with Crippen LogP contribution in [-0.4, -0.2) is 22.2 Å². The summed E-state index contributed by atoms with van der Waals surface area (Å²) < 4.78 is 101. The molecule has 0 N–H and O–H groups in total. The van der Waals surface area contributed by atoms with Crippen LogP contribution in [-0.2, 0) is 31.9 Å². The molecular weight excluding hydrogens is 1080 g/mol. The van der Waals surface area contributed by atoms with Crippen LogP contribution in [0.4, 0.5) is 0 Å². The van der Waals surface area contributed by atoms with E-state index < -0.39 is 68.5 Å². The molecule has 8 aromatic carbocycles. The largest absolute Gasteiger partial charge is 4.00 e. The number of hydrogen-bond donors (Lipinski definition) is 0. The monoisotopic (exact) mass is 1140 g/mol. The van der Waals surface area contributed by atoms with Crippen molar-refractivity contribution in [1.82, 2.24) is 14.1 Å². The predicted molar refractivity (Wildman–Crippen MR) is 297 cm³/mol. The molecule has 0 saturated heterocycles. The summed E-state index contributed by atoms with van der Waals surface area (Å²) in [4.78, 5) is 4.98. The van der Waals surface area contributed by atoms with Crippen molar-refractivity contribution < 1.29 is 44.1 Å². The molecule has 5 nitrogen and oxygen atoms in total.